The highest BCUT2D eigenvalue weighted by Gasteiger charge is 2.10. The standard InChI is InChI=1S/C15H14BrF2N/c1-9-6-11(3-5-13(9)17)15(19)8-10-2-4-14(18)12(16)7-10/h2-7,15H,8,19H2,1H3. The van der Waals surface area contributed by atoms with E-state index in [0.717, 1.165) is 11.1 Å². The molecule has 2 aromatic rings. The molecule has 0 amide bonds. The van der Waals surface area contributed by atoms with Crippen LogP contribution in [0.4, 0.5) is 8.78 Å². The van der Waals surface area contributed by atoms with Crippen LogP contribution in [0, 0.1) is 18.6 Å². The molecule has 0 fully saturated rings. The Morgan fingerprint density at radius 1 is 1.11 bits per heavy atom. The van der Waals surface area contributed by atoms with Crippen molar-refractivity contribution in [2.24, 2.45) is 5.73 Å². The first-order chi connectivity index (χ1) is 8.97. The van der Waals surface area contributed by atoms with E-state index in [2.05, 4.69) is 15.9 Å². The van der Waals surface area contributed by atoms with Crippen molar-refractivity contribution in [3.63, 3.8) is 0 Å². The molecule has 2 N–H and O–H groups in total. The van der Waals surface area contributed by atoms with Gasteiger partial charge in [0.25, 0.3) is 0 Å². The fourth-order valence-electron chi connectivity index (χ4n) is 1.94. The van der Waals surface area contributed by atoms with Crippen LogP contribution in [0.5, 0.6) is 0 Å². The second kappa shape index (κ2) is 5.80. The number of halogens is 3. The zero-order valence-electron chi connectivity index (χ0n) is 10.5. The average Bonchev–Trinajstić information content (AvgIpc) is 2.37. The lowest BCUT2D eigenvalue weighted by Crippen LogP contribution is -2.13. The second-order valence-corrected chi connectivity index (χ2v) is 5.42. The number of rotatable bonds is 3. The van der Waals surface area contributed by atoms with Gasteiger partial charge in [0.2, 0.25) is 0 Å². The number of benzene rings is 2. The van der Waals surface area contributed by atoms with Gasteiger partial charge in [-0.25, -0.2) is 8.78 Å². The summed E-state index contributed by atoms with van der Waals surface area (Å²) in [6, 6.07) is 9.44. The van der Waals surface area contributed by atoms with Crippen LogP contribution < -0.4 is 5.73 Å². The van der Waals surface area contributed by atoms with E-state index >= 15 is 0 Å². The smallest absolute Gasteiger partial charge is 0.137 e. The van der Waals surface area contributed by atoms with Crippen LogP contribution in [0.2, 0.25) is 0 Å². The molecule has 0 spiro atoms. The van der Waals surface area contributed by atoms with Crippen molar-refractivity contribution in [3.05, 3.63) is 69.2 Å². The summed E-state index contributed by atoms with van der Waals surface area (Å²) >= 11 is 3.15. The maximum absolute atomic E-state index is 13.2. The molecular weight excluding hydrogens is 312 g/mol. The van der Waals surface area contributed by atoms with Gasteiger partial charge < -0.3 is 5.73 Å². The van der Waals surface area contributed by atoms with Gasteiger partial charge in [-0.2, -0.15) is 0 Å². The van der Waals surface area contributed by atoms with Gasteiger partial charge in [-0.05, 0) is 64.2 Å². The molecule has 1 atom stereocenters. The summed E-state index contributed by atoms with van der Waals surface area (Å²) in [5.41, 5.74) is 8.49. The molecule has 0 aromatic heterocycles. The zero-order valence-corrected chi connectivity index (χ0v) is 12.0. The molecule has 4 heteroatoms. The van der Waals surface area contributed by atoms with Gasteiger partial charge in [0.15, 0.2) is 0 Å². The van der Waals surface area contributed by atoms with Gasteiger partial charge in [-0.3, -0.25) is 0 Å². The third kappa shape index (κ3) is 3.39. The highest BCUT2D eigenvalue weighted by molar-refractivity contribution is 9.10. The number of nitrogens with two attached hydrogens (primary N) is 1. The third-order valence-corrected chi connectivity index (χ3v) is 3.66. The highest BCUT2D eigenvalue weighted by Crippen LogP contribution is 2.22. The molecule has 0 aliphatic rings. The maximum Gasteiger partial charge on any atom is 0.137 e. The first-order valence-electron chi connectivity index (χ1n) is 5.93. The Labute approximate surface area is 119 Å². The van der Waals surface area contributed by atoms with E-state index in [1.165, 1.54) is 12.1 Å². The Kier molecular flexibility index (Phi) is 4.32. The predicted molar refractivity (Wildman–Crippen MR) is 75.9 cm³/mol. The van der Waals surface area contributed by atoms with Crippen LogP contribution in [0.15, 0.2) is 40.9 Å². The minimum atomic E-state index is -0.296. The number of hydrogen-bond acceptors (Lipinski definition) is 1. The van der Waals surface area contributed by atoms with Gasteiger partial charge >= 0.3 is 0 Å². The van der Waals surface area contributed by atoms with Crippen molar-refractivity contribution in [1.29, 1.82) is 0 Å². The number of hydrogen-bond donors (Lipinski definition) is 1. The predicted octanol–water partition coefficient (Wildman–Crippen LogP) is 4.28. The van der Waals surface area contributed by atoms with Gasteiger partial charge in [0, 0.05) is 6.04 Å². The van der Waals surface area contributed by atoms with E-state index in [9.17, 15) is 8.78 Å². The summed E-state index contributed by atoms with van der Waals surface area (Å²) in [6.45, 7) is 1.71. The van der Waals surface area contributed by atoms with Crippen molar-refractivity contribution < 1.29 is 8.78 Å². The van der Waals surface area contributed by atoms with Crippen molar-refractivity contribution in [2.75, 3.05) is 0 Å². The lowest BCUT2D eigenvalue weighted by Gasteiger charge is -2.13. The van der Waals surface area contributed by atoms with Crippen LogP contribution in [0.3, 0.4) is 0 Å². The van der Waals surface area contributed by atoms with Crippen LogP contribution >= 0.6 is 15.9 Å². The van der Waals surface area contributed by atoms with E-state index in [1.807, 2.05) is 0 Å². The SMILES string of the molecule is Cc1cc(C(N)Cc2ccc(F)c(Br)c2)ccc1F. The normalized spacial score (nSPS) is 12.5. The zero-order chi connectivity index (χ0) is 14.0. The van der Waals surface area contributed by atoms with Gasteiger partial charge in [-0.1, -0.05) is 18.2 Å². The van der Waals surface area contributed by atoms with Crippen molar-refractivity contribution in [2.45, 2.75) is 19.4 Å². The van der Waals surface area contributed by atoms with Crippen LogP contribution in [-0.4, -0.2) is 0 Å². The first kappa shape index (κ1) is 14.2. The molecule has 2 aromatic carbocycles. The topological polar surface area (TPSA) is 26.0 Å². The minimum absolute atomic E-state index is 0.236. The molecule has 0 heterocycles. The Morgan fingerprint density at radius 2 is 1.79 bits per heavy atom. The number of aryl methyl sites for hydroxylation is 1. The summed E-state index contributed by atoms with van der Waals surface area (Å²) in [5, 5.41) is 0. The molecule has 0 aliphatic heterocycles. The summed E-state index contributed by atoms with van der Waals surface area (Å²) in [6.07, 6.45) is 0.573. The summed E-state index contributed by atoms with van der Waals surface area (Å²) in [7, 11) is 0. The lowest BCUT2D eigenvalue weighted by molar-refractivity contribution is 0.613. The Bertz CT molecular complexity index is 599. The fraction of sp³-hybridized carbons (Fsp3) is 0.200. The molecule has 19 heavy (non-hydrogen) atoms. The van der Waals surface area contributed by atoms with E-state index in [-0.39, 0.29) is 17.7 Å². The van der Waals surface area contributed by atoms with Crippen molar-refractivity contribution >= 4 is 15.9 Å². The first-order valence-corrected chi connectivity index (χ1v) is 6.72. The molecule has 0 saturated carbocycles. The van der Waals surface area contributed by atoms with Gasteiger partial charge in [0.1, 0.15) is 11.6 Å². The summed E-state index contributed by atoms with van der Waals surface area (Å²) in [4.78, 5) is 0. The fourth-order valence-corrected chi connectivity index (χ4v) is 2.36. The van der Waals surface area contributed by atoms with Crippen molar-refractivity contribution in [1.82, 2.24) is 0 Å². The molecule has 100 valence electrons. The monoisotopic (exact) mass is 325 g/mol. The average molecular weight is 326 g/mol. The maximum atomic E-state index is 13.2. The highest BCUT2D eigenvalue weighted by atomic mass is 79.9. The molecule has 0 aliphatic carbocycles. The Morgan fingerprint density at radius 3 is 2.42 bits per heavy atom. The molecule has 0 radical (unpaired) electrons. The van der Waals surface area contributed by atoms with Crippen LogP contribution in [-0.2, 0) is 6.42 Å². The molecule has 1 unspecified atom stereocenters. The largest absolute Gasteiger partial charge is 0.324 e. The second-order valence-electron chi connectivity index (χ2n) is 4.57. The van der Waals surface area contributed by atoms with Crippen molar-refractivity contribution in [3.8, 4) is 0 Å². The minimum Gasteiger partial charge on any atom is -0.324 e. The molecule has 1 nitrogen and oxygen atoms in total. The Balaban J connectivity index is 2.17. The van der Waals surface area contributed by atoms with E-state index in [1.54, 1.807) is 31.2 Å². The third-order valence-electron chi connectivity index (χ3n) is 3.05. The molecule has 0 bridgehead atoms. The van der Waals surface area contributed by atoms with Gasteiger partial charge in [0.05, 0.1) is 4.47 Å². The molecular formula is C15H14BrF2N. The molecule has 0 saturated heterocycles. The van der Waals surface area contributed by atoms with Crippen LogP contribution in [0.25, 0.3) is 0 Å². The summed E-state index contributed by atoms with van der Waals surface area (Å²) in [5.74, 6) is -0.532. The quantitative estimate of drug-likeness (QED) is 0.895. The van der Waals surface area contributed by atoms with E-state index in [0.29, 0.717) is 16.5 Å². The lowest BCUT2D eigenvalue weighted by atomic mass is 9.98. The molecule has 2 rings (SSSR count). The van der Waals surface area contributed by atoms with E-state index in [4.69, 9.17) is 5.73 Å². The van der Waals surface area contributed by atoms with Crippen LogP contribution in [0.1, 0.15) is 22.7 Å². The summed E-state index contributed by atoms with van der Waals surface area (Å²) < 4.78 is 26.8. The van der Waals surface area contributed by atoms with E-state index < -0.39 is 0 Å². The van der Waals surface area contributed by atoms with Gasteiger partial charge in [-0.15, -0.1) is 0 Å². The Hall–Kier alpha value is -1.26.